The Bertz CT molecular complexity index is 390. The SMILES string of the molecule is CCCC(C)C1(OCC)CCNc2ccccc21. The molecule has 0 fully saturated rings. The number of anilines is 1. The van der Waals surface area contributed by atoms with Crippen LogP contribution in [0.5, 0.6) is 0 Å². The molecule has 1 aliphatic heterocycles. The summed E-state index contributed by atoms with van der Waals surface area (Å²) < 4.78 is 6.27. The smallest absolute Gasteiger partial charge is 0.0993 e. The molecule has 1 heterocycles. The molecule has 1 aromatic rings. The Morgan fingerprint density at radius 3 is 2.83 bits per heavy atom. The highest BCUT2D eigenvalue weighted by molar-refractivity contribution is 5.56. The first-order valence-corrected chi connectivity index (χ1v) is 7.22. The van der Waals surface area contributed by atoms with E-state index in [-0.39, 0.29) is 5.60 Å². The molecule has 0 amide bonds. The molecule has 2 nitrogen and oxygen atoms in total. The Morgan fingerprint density at radius 2 is 2.11 bits per heavy atom. The van der Waals surface area contributed by atoms with Gasteiger partial charge >= 0.3 is 0 Å². The lowest BCUT2D eigenvalue weighted by Gasteiger charge is -2.43. The predicted molar refractivity (Wildman–Crippen MR) is 76.9 cm³/mol. The highest BCUT2D eigenvalue weighted by Crippen LogP contribution is 2.45. The van der Waals surface area contributed by atoms with Crippen LogP contribution in [0.25, 0.3) is 0 Å². The standard InChI is InChI=1S/C16H25NO/c1-4-8-13(3)16(18-5-2)11-12-17-15-10-7-6-9-14(15)16/h6-7,9-10,13,17H,4-5,8,11-12H2,1-3H3. The third kappa shape index (κ3) is 2.26. The van der Waals surface area contributed by atoms with Gasteiger partial charge in [-0.1, -0.05) is 38.5 Å². The van der Waals surface area contributed by atoms with Gasteiger partial charge in [0, 0.05) is 24.4 Å². The Labute approximate surface area is 111 Å². The van der Waals surface area contributed by atoms with Gasteiger partial charge in [0.2, 0.25) is 0 Å². The maximum atomic E-state index is 6.27. The maximum Gasteiger partial charge on any atom is 0.0993 e. The lowest BCUT2D eigenvalue weighted by Crippen LogP contribution is -2.42. The molecular weight excluding hydrogens is 222 g/mol. The second-order valence-electron chi connectivity index (χ2n) is 5.23. The van der Waals surface area contributed by atoms with Gasteiger partial charge < -0.3 is 10.1 Å². The fourth-order valence-corrected chi connectivity index (χ4v) is 3.25. The third-order valence-corrected chi connectivity index (χ3v) is 4.11. The van der Waals surface area contributed by atoms with Crippen molar-refractivity contribution in [2.45, 2.75) is 45.6 Å². The summed E-state index contributed by atoms with van der Waals surface area (Å²) in [5, 5.41) is 3.49. The van der Waals surface area contributed by atoms with Crippen LogP contribution in [0.1, 0.15) is 45.6 Å². The molecule has 18 heavy (non-hydrogen) atoms. The van der Waals surface area contributed by atoms with Gasteiger partial charge in [0.15, 0.2) is 0 Å². The van der Waals surface area contributed by atoms with Gasteiger partial charge in [-0.3, -0.25) is 0 Å². The van der Waals surface area contributed by atoms with E-state index in [1.807, 2.05) is 0 Å². The molecule has 0 spiro atoms. The minimum absolute atomic E-state index is 0.0907. The van der Waals surface area contributed by atoms with E-state index in [1.54, 1.807) is 0 Å². The van der Waals surface area contributed by atoms with Crippen molar-refractivity contribution < 1.29 is 4.74 Å². The van der Waals surface area contributed by atoms with Crippen molar-refractivity contribution in [1.82, 2.24) is 0 Å². The van der Waals surface area contributed by atoms with Crippen LogP contribution < -0.4 is 5.32 Å². The van der Waals surface area contributed by atoms with Crippen molar-refractivity contribution in [2.75, 3.05) is 18.5 Å². The Balaban J connectivity index is 2.41. The predicted octanol–water partition coefficient (Wildman–Crippen LogP) is 4.17. The van der Waals surface area contributed by atoms with Crippen molar-refractivity contribution >= 4 is 5.69 Å². The fourth-order valence-electron chi connectivity index (χ4n) is 3.25. The zero-order chi connectivity index (χ0) is 13.0. The molecule has 2 heteroatoms. The highest BCUT2D eigenvalue weighted by atomic mass is 16.5. The summed E-state index contributed by atoms with van der Waals surface area (Å²) in [5.41, 5.74) is 2.51. The summed E-state index contributed by atoms with van der Waals surface area (Å²) in [5.74, 6) is 0.561. The number of hydrogen-bond donors (Lipinski definition) is 1. The number of hydrogen-bond acceptors (Lipinski definition) is 2. The molecular formula is C16H25NO. The normalized spacial score (nSPS) is 24.2. The van der Waals surface area contributed by atoms with E-state index in [0.717, 1.165) is 19.6 Å². The van der Waals surface area contributed by atoms with Gasteiger partial charge in [0.25, 0.3) is 0 Å². The molecule has 0 bridgehead atoms. The van der Waals surface area contributed by atoms with Crippen LogP contribution in [0.3, 0.4) is 0 Å². The minimum atomic E-state index is -0.0907. The topological polar surface area (TPSA) is 21.3 Å². The molecule has 2 rings (SSSR count). The first-order valence-electron chi connectivity index (χ1n) is 7.22. The molecule has 0 saturated heterocycles. The van der Waals surface area contributed by atoms with Gasteiger partial charge in [0.05, 0.1) is 5.60 Å². The van der Waals surface area contributed by atoms with E-state index >= 15 is 0 Å². The number of benzene rings is 1. The first-order chi connectivity index (χ1) is 8.74. The number of rotatable bonds is 5. The Morgan fingerprint density at radius 1 is 1.33 bits per heavy atom. The molecule has 0 aliphatic carbocycles. The van der Waals surface area contributed by atoms with Crippen molar-refractivity contribution in [2.24, 2.45) is 5.92 Å². The van der Waals surface area contributed by atoms with Crippen molar-refractivity contribution in [1.29, 1.82) is 0 Å². The lowest BCUT2D eigenvalue weighted by molar-refractivity contribution is -0.0918. The first kappa shape index (κ1) is 13.4. The van der Waals surface area contributed by atoms with Crippen molar-refractivity contribution in [3.63, 3.8) is 0 Å². The zero-order valence-electron chi connectivity index (χ0n) is 11.8. The lowest BCUT2D eigenvalue weighted by atomic mass is 9.75. The quantitative estimate of drug-likeness (QED) is 0.843. The van der Waals surface area contributed by atoms with E-state index < -0.39 is 0 Å². The van der Waals surface area contributed by atoms with E-state index in [4.69, 9.17) is 4.74 Å². The largest absolute Gasteiger partial charge is 0.385 e. The molecule has 0 aromatic heterocycles. The maximum absolute atomic E-state index is 6.27. The van der Waals surface area contributed by atoms with E-state index in [2.05, 4.69) is 50.4 Å². The van der Waals surface area contributed by atoms with Gasteiger partial charge in [-0.05, 0) is 31.7 Å². The minimum Gasteiger partial charge on any atom is -0.385 e. The fraction of sp³-hybridized carbons (Fsp3) is 0.625. The van der Waals surface area contributed by atoms with Crippen molar-refractivity contribution in [3.8, 4) is 0 Å². The van der Waals surface area contributed by atoms with Gasteiger partial charge in [0.1, 0.15) is 0 Å². The monoisotopic (exact) mass is 247 g/mol. The molecule has 2 unspecified atom stereocenters. The Kier molecular flexibility index (Phi) is 4.28. The number of fused-ring (bicyclic) bond motifs is 1. The van der Waals surface area contributed by atoms with Gasteiger partial charge in [-0.15, -0.1) is 0 Å². The van der Waals surface area contributed by atoms with Crippen LogP contribution in [-0.2, 0) is 10.3 Å². The molecule has 2 atom stereocenters. The molecule has 1 aliphatic rings. The molecule has 0 radical (unpaired) electrons. The molecule has 0 saturated carbocycles. The average Bonchev–Trinajstić information content (AvgIpc) is 2.39. The number of ether oxygens (including phenoxy) is 1. The Hall–Kier alpha value is -1.02. The van der Waals surface area contributed by atoms with E-state index in [0.29, 0.717) is 5.92 Å². The summed E-state index contributed by atoms with van der Waals surface area (Å²) >= 11 is 0. The summed E-state index contributed by atoms with van der Waals surface area (Å²) in [6.07, 6.45) is 3.50. The summed E-state index contributed by atoms with van der Waals surface area (Å²) in [7, 11) is 0. The second-order valence-corrected chi connectivity index (χ2v) is 5.23. The number of nitrogens with one attached hydrogen (secondary N) is 1. The van der Waals surface area contributed by atoms with Gasteiger partial charge in [-0.2, -0.15) is 0 Å². The second kappa shape index (κ2) is 5.75. The average molecular weight is 247 g/mol. The highest BCUT2D eigenvalue weighted by Gasteiger charge is 2.41. The van der Waals surface area contributed by atoms with Crippen molar-refractivity contribution in [3.05, 3.63) is 29.8 Å². The van der Waals surface area contributed by atoms with E-state index in [9.17, 15) is 0 Å². The summed E-state index contributed by atoms with van der Waals surface area (Å²) in [6.45, 7) is 8.48. The molecule has 1 aromatic carbocycles. The van der Waals surface area contributed by atoms with Crippen LogP contribution in [0.15, 0.2) is 24.3 Å². The number of para-hydroxylation sites is 1. The van der Waals surface area contributed by atoms with Gasteiger partial charge in [-0.25, -0.2) is 0 Å². The third-order valence-electron chi connectivity index (χ3n) is 4.11. The molecule has 1 N–H and O–H groups in total. The van der Waals surface area contributed by atoms with Crippen LogP contribution in [0, 0.1) is 5.92 Å². The molecule has 100 valence electrons. The summed E-state index contributed by atoms with van der Waals surface area (Å²) in [4.78, 5) is 0. The van der Waals surface area contributed by atoms with E-state index in [1.165, 1.54) is 24.1 Å². The van der Waals surface area contributed by atoms with Crippen LogP contribution in [0.2, 0.25) is 0 Å². The summed E-state index contributed by atoms with van der Waals surface area (Å²) in [6, 6.07) is 8.61. The zero-order valence-corrected chi connectivity index (χ0v) is 11.8. The van der Waals surface area contributed by atoms with Crippen LogP contribution in [-0.4, -0.2) is 13.2 Å². The van der Waals surface area contributed by atoms with Crippen LogP contribution in [0.4, 0.5) is 5.69 Å². The van der Waals surface area contributed by atoms with Crippen LogP contribution >= 0.6 is 0 Å².